The lowest BCUT2D eigenvalue weighted by Gasteiger charge is -2.38. The summed E-state index contributed by atoms with van der Waals surface area (Å²) >= 11 is 0. The van der Waals surface area contributed by atoms with Crippen LogP contribution in [-0.4, -0.2) is 38.0 Å². The van der Waals surface area contributed by atoms with Crippen LogP contribution in [0.5, 0.6) is 5.75 Å². The first kappa shape index (κ1) is 25.2. The molecule has 1 N–H and O–H groups in total. The van der Waals surface area contributed by atoms with Crippen molar-refractivity contribution in [3.05, 3.63) is 88.3 Å². The molecule has 1 aliphatic heterocycles. The molecule has 0 saturated heterocycles. The minimum absolute atomic E-state index is 0.0484. The molecular weight excluding hydrogens is 458 g/mol. The Bertz CT molecular complexity index is 1210. The molecule has 0 amide bonds. The molecule has 3 atom stereocenters. The highest BCUT2D eigenvalue weighted by molar-refractivity contribution is 6.12. The zero-order valence-electron chi connectivity index (χ0n) is 21.0. The number of esters is 2. The monoisotopic (exact) mass is 489 g/mol. The number of nitrogens with one attached hydrogen (secondary N) is 1. The Morgan fingerprint density at radius 3 is 2.36 bits per heavy atom. The summed E-state index contributed by atoms with van der Waals surface area (Å²) < 4.78 is 16.2. The minimum atomic E-state index is -0.918. The number of ether oxygens (including phenoxy) is 3. The van der Waals surface area contributed by atoms with E-state index >= 15 is 0 Å². The van der Waals surface area contributed by atoms with Gasteiger partial charge >= 0.3 is 11.9 Å². The van der Waals surface area contributed by atoms with E-state index in [1.807, 2.05) is 75.4 Å². The van der Waals surface area contributed by atoms with E-state index in [-0.39, 0.29) is 24.9 Å². The van der Waals surface area contributed by atoms with Gasteiger partial charge in [0.15, 0.2) is 5.78 Å². The number of dihydropyridines is 1. The molecule has 2 aromatic carbocycles. The molecule has 1 heterocycles. The summed E-state index contributed by atoms with van der Waals surface area (Å²) in [5.41, 5.74) is 3.98. The van der Waals surface area contributed by atoms with Crippen LogP contribution in [-0.2, 0) is 23.9 Å². The highest BCUT2D eigenvalue weighted by Gasteiger charge is 2.47. The first-order valence-electron chi connectivity index (χ1n) is 12.1. The molecule has 7 nitrogen and oxygen atoms in total. The standard InChI is InChI=1S/C29H31NO6/c1-17-10-12-20(13-11-17)25-24(29(33)36-15-14-35-21-8-6-5-7-9-21)19(3)30-22-16-18(2)23(28(32)34-4)27(31)26(22)25/h5-13,18,23,25,30H,14-16H2,1-4H3/t18-,23+,25+/m1/s1. The number of carbonyl (C=O) groups is 3. The Labute approximate surface area is 211 Å². The maximum Gasteiger partial charge on any atom is 0.336 e. The topological polar surface area (TPSA) is 90.9 Å². The molecule has 0 spiro atoms. The zero-order chi connectivity index (χ0) is 25.8. The van der Waals surface area contributed by atoms with Crippen LogP contribution in [0.1, 0.15) is 37.3 Å². The number of methoxy groups -OCH3 is 1. The molecule has 1 aliphatic carbocycles. The Hall–Kier alpha value is -3.87. The average Bonchev–Trinajstić information content (AvgIpc) is 2.86. The first-order chi connectivity index (χ1) is 17.3. The molecule has 0 saturated carbocycles. The van der Waals surface area contributed by atoms with Crippen molar-refractivity contribution in [2.24, 2.45) is 11.8 Å². The largest absolute Gasteiger partial charge is 0.490 e. The van der Waals surface area contributed by atoms with Gasteiger partial charge in [-0.2, -0.15) is 0 Å². The molecule has 4 rings (SSSR count). The summed E-state index contributed by atoms with van der Waals surface area (Å²) in [6, 6.07) is 17.0. The Morgan fingerprint density at radius 1 is 1.00 bits per heavy atom. The Balaban J connectivity index is 1.63. The SMILES string of the molecule is COC(=O)[C@@H]1C(=O)C2=C(C[C@H]1C)NC(C)=C(C(=O)OCCOc1ccccc1)[C@@H]2c1ccc(C)cc1. The fraction of sp³-hybridized carbons (Fsp3) is 0.345. The van der Waals surface area contributed by atoms with Crippen molar-refractivity contribution >= 4 is 17.7 Å². The number of hydrogen-bond acceptors (Lipinski definition) is 7. The second-order valence-electron chi connectivity index (χ2n) is 9.24. The van der Waals surface area contributed by atoms with Crippen molar-refractivity contribution < 1.29 is 28.6 Å². The molecule has 7 heteroatoms. The Morgan fingerprint density at radius 2 is 1.69 bits per heavy atom. The van der Waals surface area contributed by atoms with Crippen LogP contribution in [0.25, 0.3) is 0 Å². The van der Waals surface area contributed by atoms with Crippen molar-refractivity contribution in [2.75, 3.05) is 20.3 Å². The van der Waals surface area contributed by atoms with Crippen LogP contribution < -0.4 is 10.1 Å². The van der Waals surface area contributed by atoms with E-state index in [9.17, 15) is 14.4 Å². The molecule has 0 fully saturated rings. The van der Waals surface area contributed by atoms with Crippen molar-refractivity contribution in [1.29, 1.82) is 0 Å². The van der Waals surface area contributed by atoms with E-state index in [1.54, 1.807) is 0 Å². The smallest absolute Gasteiger partial charge is 0.336 e. The number of aryl methyl sites for hydroxylation is 1. The second-order valence-corrected chi connectivity index (χ2v) is 9.24. The summed E-state index contributed by atoms with van der Waals surface area (Å²) in [7, 11) is 1.28. The number of ketones is 1. The zero-order valence-corrected chi connectivity index (χ0v) is 21.0. The first-order valence-corrected chi connectivity index (χ1v) is 12.1. The van der Waals surface area contributed by atoms with Crippen LogP contribution >= 0.6 is 0 Å². The van der Waals surface area contributed by atoms with E-state index in [0.29, 0.717) is 29.0 Å². The van der Waals surface area contributed by atoms with Gasteiger partial charge in [-0.15, -0.1) is 0 Å². The third kappa shape index (κ3) is 5.05. The van der Waals surface area contributed by atoms with Crippen molar-refractivity contribution in [1.82, 2.24) is 5.32 Å². The number of benzene rings is 2. The number of para-hydroxylation sites is 1. The normalized spacial score (nSPS) is 21.4. The third-order valence-corrected chi connectivity index (χ3v) is 6.70. The van der Waals surface area contributed by atoms with Gasteiger partial charge in [-0.1, -0.05) is 55.0 Å². The number of allylic oxidation sites excluding steroid dienone is 3. The highest BCUT2D eigenvalue weighted by atomic mass is 16.6. The van der Waals surface area contributed by atoms with Gasteiger partial charge in [0.1, 0.15) is 24.9 Å². The predicted octanol–water partition coefficient (Wildman–Crippen LogP) is 4.23. The van der Waals surface area contributed by atoms with Gasteiger partial charge in [0.2, 0.25) is 0 Å². The Kier molecular flexibility index (Phi) is 7.58. The lowest BCUT2D eigenvalue weighted by Crippen LogP contribution is -2.43. The quantitative estimate of drug-likeness (QED) is 0.354. The average molecular weight is 490 g/mol. The maximum atomic E-state index is 13.7. The summed E-state index contributed by atoms with van der Waals surface area (Å²) in [6.45, 7) is 5.89. The van der Waals surface area contributed by atoms with Gasteiger partial charge in [0, 0.05) is 22.9 Å². The summed E-state index contributed by atoms with van der Waals surface area (Å²) in [5, 5.41) is 3.27. The van der Waals surface area contributed by atoms with Gasteiger partial charge in [-0.05, 0) is 43.9 Å². The molecule has 0 bridgehead atoms. The van der Waals surface area contributed by atoms with E-state index in [0.717, 1.165) is 16.8 Å². The molecule has 2 aromatic rings. The van der Waals surface area contributed by atoms with Crippen LogP contribution in [0, 0.1) is 18.8 Å². The van der Waals surface area contributed by atoms with Crippen molar-refractivity contribution in [3.63, 3.8) is 0 Å². The number of rotatable bonds is 7. The van der Waals surface area contributed by atoms with Gasteiger partial charge < -0.3 is 19.5 Å². The fourth-order valence-electron chi connectivity index (χ4n) is 4.93. The second kappa shape index (κ2) is 10.8. The molecule has 0 radical (unpaired) electrons. The van der Waals surface area contributed by atoms with Gasteiger partial charge in [-0.25, -0.2) is 4.79 Å². The van der Waals surface area contributed by atoms with E-state index in [1.165, 1.54) is 7.11 Å². The van der Waals surface area contributed by atoms with Crippen LogP contribution in [0.15, 0.2) is 77.1 Å². The molecular formula is C29H31NO6. The van der Waals surface area contributed by atoms with Gasteiger partial charge in [0.25, 0.3) is 0 Å². The number of Topliss-reactive ketones (excluding diaryl/α,β-unsaturated/α-hetero) is 1. The molecule has 0 unspecified atom stereocenters. The van der Waals surface area contributed by atoms with Crippen LogP contribution in [0.3, 0.4) is 0 Å². The van der Waals surface area contributed by atoms with E-state index < -0.39 is 23.8 Å². The lowest BCUT2D eigenvalue weighted by molar-refractivity contribution is -0.151. The lowest BCUT2D eigenvalue weighted by atomic mass is 9.69. The molecule has 2 aliphatic rings. The van der Waals surface area contributed by atoms with Crippen LogP contribution in [0.2, 0.25) is 0 Å². The number of carbonyl (C=O) groups excluding carboxylic acids is 3. The summed E-state index contributed by atoms with van der Waals surface area (Å²) in [6.07, 6.45) is 0.494. The fourth-order valence-corrected chi connectivity index (χ4v) is 4.93. The number of hydrogen-bond donors (Lipinski definition) is 1. The van der Waals surface area contributed by atoms with Crippen LogP contribution in [0.4, 0.5) is 0 Å². The maximum absolute atomic E-state index is 13.7. The summed E-state index contributed by atoms with van der Waals surface area (Å²) in [5.74, 6) is -2.53. The van der Waals surface area contributed by atoms with Gasteiger partial charge in [0.05, 0.1) is 12.7 Å². The van der Waals surface area contributed by atoms with E-state index in [2.05, 4.69) is 5.32 Å². The third-order valence-electron chi connectivity index (χ3n) is 6.70. The minimum Gasteiger partial charge on any atom is -0.490 e. The summed E-state index contributed by atoms with van der Waals surface area (Å²) in [4.78, 5) is 39.6. The molecule has 36 heavy (non-hydrogen) atoms. The van der Waals surface area contributed by atoms with Crippen molar-refractivity contribution in [3.8, 4) is 5.75 Å². The molecule has 0 aromatic heterocycles. The van der Waals surface area contributed by atoms with Crippen molar-refractivity contribution in [2.45, 2.75) is 33.1 Å². The van der Waals surface area contributed by atoms with E-state index in [4.69, 9.17) is 14.2 Å². The highest BCUT2D eigenvalue weighted by Crippen LogP contribution is 2.45. The molecule has 188 valence electrons. The predicted molar refractivity (Wildman–Crippen MR) is 134 cm³/mol. The van der Waals surface area contributed by atoms with Gasteiger partial charge in [-0.3, -0.25) is 9.59 Å².